The van der Waals surface area contributed by atoms with E-state index in [9.17, 15) is 0 Å². The van der Waals surface area contributed by atoms with E-state index >= 15 is 0 Å². The Bertz CT molecular complexity index is 975. The highest BCUT2D eigenvalue weighted by Gasteiger charge is 2.35. The zero-order valence-electron chi connectivity index (χ0n) is 13.3. The molecule has 0 aliphatic carbocycles. The maximum atomic E-state index is 5.62. The topological polar surface area (TPSA) is 37.5 Å². The fourth-order valence-electron chi connectivity index (χ4n) is 4.59. The lowest BCUT2D eigenvalue weighted by atomic mass is 9.85. The molecule has 0 fully saturated rings. The van der Waals surface area contributed by atoms with E-state index < -0.39 is 0 Å². The summed E-state index contributed by atoms with van der Waals surface area (Å²) in [5.41, 5.74) is 6.97. The fourth-order valence-corrected chi connectivity index (χ4v) is 4.59. The maximum absolute atomic E-state index is 5.62. The van der Waals surface area contributed by atoms with E-state index in [2.05, 4.69) is 46.3 Å². The van der Waals surface area contributed by atoms with Crippen LogP contribution in [0.5, 0.6) is 11.5 Å². The molecule has 24 heavy (non-hydrogen) atoms. The molecule has 6 rings (SSSR count). The molecule has 1 N–H and O–H groups in total. The number of hydrogen-bond acceptors (Lipinski definition) is 3. The summed E-state index contributed by atoms with van der Waals surface area (Å²) in [6.45, 7) is 2.45. The van der Waals surface area contributed by atoms with E-state index in [0.717, 1.165) is 37.4 Å². The van der Waals surface area contributed by atoms with E-state index in [0.29, 0.717) is 12.8 Å². The highest BCUT2D eigenvalue weighted by molar-refractivity contribution is 5.85. The Kier molecular flexibility index (Phi) is 2.44. The maximum Gasteiger partial charge on any atom is 0.231 e. The van der Waals surface area contributed by atoms with Crippen LogP contribution >= 0.6 is 0 Å². The Morgan fingerprint density at radius 3 is 2.92 bits per heavy atom. The van der Waals surface area contributed by atoms with Crippen molar-refractivity contribution in [2.24, 2.45) is 0 Å². The van der Waals surface area contributed by atoms with Crippen molar-refractivity contribution in [2.45, 2.75) is 25.4 Å². The van der Waals surface area contributed by atoms with Gasteiger partial charge in [0, 0.05) is 35.7 Å². The molecule has 2 aromatic carbocycles. The highest BCUT2D eigenvalue weighted by atomic mass is 16.7. The first-order valence-corrected chi connectivity index (χ1v) is 8.62. The Balaban J connectivity index is 1.49. The quantitative estimate of drug-likeness (QED) is 0.689. The summed E-state index contributed by atoms with van der Waals surface area (Å²) in [4.78, 5) is 6.23. The number of benzene rings is 2. The second kappa shape index (κ2) is 4.54. The van der Waals surface area contributed by atoms with Gasteiger partial charge < -0.3 is 14.5 Å². The minimum Gasteiger partial charge on any atom is -0.454 e. The van der Waals surface area contributed by atoms with E-state index in [1.54, 1.807) is 0 Å². The average molecular weight is 318 g/mol. The molecule has 0 radical (unpaired) electrons. The van der Waals surface area contributed by atoms with Crippen molar-refractivity contribution in [3.05, 3.63) is 58.8 Å². The molecule has 3 aromatic rings. The summed E-state index contributed by atoms with van der Waals surface area (Å²) in [6, 6.07) is 13.5. The van der Waals surface area contributed by atoms with Crippen LogP contribution in [0.3, 0.4) is 0 Å². The van der Waals surface area contributed by atoms with Gasteiger partial charge in [0.2, 0.25) is 6.79 Å². The van der Waals surface area contributed by atoms with Crippen molar-refractivity contribution >= 4 is 10.9 Å². The van der Waals surface area contributed by atoms with Crippen LogP contribution in [-0.2, 0) is 19.4 Å². The molecule has 0 amide bonds. The minimum absolute atomic E-state index is 0.346. The second-order valence-electron chi connectivity index (χ2n) is 6.97. The van der Waals surface area contributed by atoms with Gasteiger partial charge in [-0.15, -0.1) is 0 Å². The van der Waals surface area contributed by atoms with Crippen molar-refractivity contribution < 1.29 is 9.47 Å². The summed E-state index contributed by atoms with van der Waals surface area (Å²) < 4.78 is 11.2. The van der Waals surface area contributed by atoms with Crippen LogP contribution in [-0.4, -0.2) is 23.2 Å². The van der Waals surface area contributed by atoms with E-state index in [-0.39, 0.29) is 0 Å². The standard InChI is InChI=1S/C20H18N2O2/c1-2-4-16-13(3-1)15-8-18-14-9-20-19(23-11-24-20)7-12(14)5-6-22(18)10-17(15)21-16/h1-4,7,9,18,21H,5-6,8,10-11H2/t18-/m1/s1. The van der Waals surface area contributed by atoms with E-state index in [4.69, 9.17) is 9.47 Å². The number of aromatic nitrogens is 1. The number of nitrogens with one attached hydrogen (secondary N) is 1. The van der Waals surface area contributed by atoms with Gasteiger partial charge in [-0.2, -0.15) is 0 Å². The number of hydrogen-bond donors (Lipinski definition) is 1. The summed E-state index contributed by atoms with van der Waals surface area (Å²) >= 11 is 0. The molecule has 0 unspecified atom stereocenters. The van der Waals surface area contributed by atoms with E-state index in [1.165, 1.54) is 33.3 Å². The van der Waals surface area contributed by atoms with Crippen molar-refractivity contribution in [1.29, 1.82) is 0 Å². The minimum atomic E-state index is 0.346. The van der Waals surface area contributed by atoms with Crippen molar-refractivity contribution in [2.75, 3.05) is 13.3 Å². The molecule has 3 aliphatic rings. The first-order valence-electron chi connectivity index (χ1n) is 8.62. The normalized spacial score (nSPS) is 21.4. The Morgan fingerprint density at radius 1 is 1.08 bits per heavy atom. The van der Waals surface area contributed by atoms with Crippen LogP contribution in [0.4, 0.5) is 0 Å². The number of rotatable bonds is 0. The molecule has 1 aromatic heterocycles. The van der Waals surface area contributed by atoms with Crippen LogP contribution in [0.15, 0.2) is 36.4 Å². The highest BCUT2D eigenvalue weighted by Crippen LogP contribution is 2.44. The van der Waals surface area contributed by atoms with Crippen molar-refractivity contribution in [3.63, 3.8) is 0 Å². The smallest absolute Gasteiger partial charge is 0.231 e. The van der Waals surface area contributed by atoms with Crippen LogP contribution < -0.4 is 9.47 Å². The molecule has 3 aliphatic heterocycles. The predicted octanol–water partition coefficient (Wildman–Crippen LogP) is 3.55. The molecular weight excluding hydrogens is 300 g/mol. The van der Waals surface area contributed by atoms with Gasteiger partial charge in [0.15, 0.2) is 11.5 Å². The van der Waals surface area contributed by atoms with Gasteiger partial charge in [-0.05, 0) is 47.7 Å². The first kappa shape index (κ1) is 12.9. The van der Waals surface area contributed by atoms with Gasteiger partial charge >= 0.3 is 0 Å². The van der Waals surface area contributed by atoms with E-state index in [1.807, 2.05) is 0 Å². The van der Waals surface area contributed by atoms with Gasteiger partial charge in [-0.25, -0.2) is 0 Å². The van der Waals surface area contributed by atoms with Gasteiger partial charge in [0.1, 0.15) is 0 Å². The Hall–Kier alpha value is -2.46. The molecule has 0 saturated carbocycles. The summed E-state index contributed by atoms with van der Waals surface area (Å²) in [7, 11) is 0. The van der Waals surface area contributed by atoms with Gasteiger partial charge in [0.25, 0.3) is 0 Å². The van der Waals surface area contributed by atoms with Crippen LogP contribution in [0.25, 0.3) is 10.9 Å². The molecular formula is C20H18N2O2. The molecule has 0 bridgehead atoms. The lowest BCUT2D eigenvalue weighted by Gasteiger charge is -2.40. The Morgan fingerprint density at radius 2 is 1.96 bits per heavy atom. The van der Waals surface area contributed by atoms with Crippen LogP contribution in [0.2, 0.25) is 0 Å². The number of H-pyrrole nitrogens is 1. The molecule has 4 heteroatoms. The molecule has 120 valence electrons. The van der Waals surface area contributed by atoms with Crippen LogP contribution in [0, 0.1) is 0 Å². The first-order chi connectivity index (χ1) is 11.9. The summed E-state index contributed by atoms with van der Waals surface area (Å²) in [5, 5.41) is 1.38. The number of ether oxygens (including phenoxy) is 2. The number of aromatic amines is 1. The fraction of sp³-hybridized carbons (Fsp3) is 0.300. The summed E-state index contributed by atoms with van der Waals surface area (Å²) in [5.74, 6) is 1.81. The third-order valence-corrected chi connectivity index (χ3v) is 5.76. The largest absolute Gasteiger partial charge is 0.454 e. The second-order valence-corrected chi connectivity index (χ2v) is 6.97. The third-order valence-electron chi connectivity index (χ3n) is 5.76. The molecule has 0 spiro atoms. The number of nitrogens with zero attached hydrogens (tertiary/aromatic N) is 1. The predicted molar refractivity (Wildman–Crippen MR) is 91.4 cm³/mol. The average Bonchev–Trinajstić information content (AvgIpc) is 3.21. The zero-order chi connectivity index (χ0) is 15.7. The van der Waals surface area contributed by atoms with Crippen molar-refractivity contribution in [1.82, 2.24) is 9.88 Å². The lowest BCUT2D eigenvalue weighted by Crippen LogP contribution is -2.39. The van der Waals surface area contributed by atoms with Crippen LogP contribution in [0.1, 0.15) is 28.4 Å². The van der Waals surface area contributed by atoms with Crippen molar-refractivity contribution in [3.8, 4) is 11.5 Å². The monoisotopic (exact) mass is 318 g/mol. The summed E-state index contributed by atoms with van der Waals surface area (Å²) in [6.07, 6.45) is 2.14. The molecule has 4 nitrogen and oxygen atoms in total. The third kappa shape index (κ3) is 1.66. The SMILES string of the molecule is c1ccc2c3c([nH]c2c1)CN1CCc2cc4c(cc2[C@H]1C3)OCO4. The van der Waals surface area contributed by atoms with Gasteiger partial charge in [-0.1, -0.05) is 18.2 Å². The molecule has 0 saturated heterocycles. The lowest BCUT2D eigenvalue weighted by molar-refractivity contribution is 0.159. The molecule has 4 heterocycles. The van der Waals surface area contributed by atoms with Gasteiger partial charge in [0.05, 0.1) is 0 Å². The van der Waals surface area contributed by atoms with Gasteiger partial charge in [-0.3, -0.25) is 4.90 Å². The molecule has 1 atom stereocenters. The number of para-hydroxylation sites is 1. The zero-order valence-corrected chi connectivity index (χ0v) is 13.3. The Labute approximate surface area is 140 Å². The number of fused-ring (bicyclic) bond motifs is 7.